The Morgan fingerprint density at radius 1 is 0.967 bits per heavy atom. The lowest BCUT2D eigenvalue weighted by atomic mass is 10.1. The molecule has 0 aliphatic rings. The van der Waals surface area contributed by atoms with Crippen LogP contribution in [0.15, 0.2) is 47.4 Å². The maximum Gasteiger partial charge on any atom is 0.243 e. The van der Waals surface area contributed by atoms with Gasteiger partial charge >= 0.3 is 0 Å². The lowest BCUT2D eigenvalue weighted by Gasteiger charge is -2.20. The molecule has 0 unspecified atom stereocenters. The van der Waals surface area contributed by atoms with Crippen LogP contribution in [-0.2, 0) is 27.8 Å². The first-order chi connectivity index (χ1) is 14.2. The zero-order valence-electron chi connectivity index (χ0n) is 18.6. The average Bonchev–Trinajstić information content (AvgIpc) is 2.70. The summed E-state index contributed by atoms with van der Waals surface area (Å²) < 4.78 is 27.0. The van der Waals surface area contributed by atoms with Crippen molar-refractivity contribution in [1.29, 1.82) is 0 Å². The van der Waals surface area contributed by atoms with Crippen LogP contribution in [0.3, 0.4) is 0 Å². The molecule has 0 heterocycles. The van der Waals surface area contributed by atoms with E-state index in [2.05, 4.69) is 36.5 Å². The molecule has 2 aromatic rings. The van der Waals surface area contributed by atoms with Gasteiger partial charge in [-0.25, -0.2) is 8.42 Å². The Hall–Kier alpha value is -2.22. The topological polar surface area (TPSA) is 69.7 Å². The first-order valence-corrected chi connectivity index (χ1v) is 11.8. The molecule has 7 heteroatoms. The molecule has 0 aliphatic heterocycles. The summed E-state index contributed by atoms with van der Waals surface area (Å²) in [6.07, 6.45) is 1.00. The van der Waals surface area contributed by atoms with Crippen LogP contribution in [0.1, 0.15) is 37.5 Å². The fraction of sp³-hybridized carbons (Fsp3) is 0.435. The average molecular weight is 432 g/mol. The molecule has 0 radical (unpaired) electrons. The molecule has 164 valence electrons. The molecule has 0 aromatic heterocycles. The fourth-order valence-electron chi connectivity index (χ4n) is 3.29. The quantitative estimate of drug-likeness (QED) is 0.623. The second-order valence-electron chi connectivity index (χ2n) is 7.46. The third kappa shape index (κ3) is 6.14. The molecule has 6 nitrogen and oxygen atoms in total. The molecule has 1 N–H and O–H groups in total. The molecular weight excluding hydrogens is 398 g/mol. The van der Waals surface area contributed by atoms with E-state index in [4.69, 9.17) is 0 Å². The molecule has 0 saturated heterocycles. The Morgan fingerprint density at radius 2 is 1.57 bits per heavy atom. The van der Waals surface area contributed by atoms with E-state index in [1.165, 1.54) is 9.87 Å². The van der Waals surface area contributed by atoms with Gasteiger partial charge in [-0.1, -0.05) is 51.1 Å². The minimum absolute atomic E-state index is 0.178. The second kappa shape index (κ2) is 10.7. The van der Waals surface area contributed by atoms with E-state index in [1.807, 2.05) is 32.7 Å². The number of carbonyl (C=O) groups excluding carboxylic acids is 1. The number of carbonyl (C=O) groups is 1. The Labute approximate surface area is 180 Å². The van der Waals surface area contributed by atoms with E-state index < -0.39 is 10.0 Å². The summed E-state index contributed by atoms with van der Waals surface area (Å²) >= 11 is 0. The molecule has 0 aliphatic carbocycles. The van der Waals surface area contributed by atoms with Gasteiger partial charge in [0.2, 0.25) is 15.9 Å². The maximum absolute atomic E-state index is 12.8. The summed E-state index contributed by atoms with van der Waals surface area (Å²) in [4.78, 5) is 14.7. The molecule has 2 aromatic carbocycles. The Morgan fingerprint density at radius 3 is 2.13 bits per heavy atom. The van der Waals surface area contributed by atoms with Gasteiger partial charge in [-0.15, -0.1) is 0 Å². The highest BCUT2D eigenvalue weighted by Crippen LogP contribution is 2.23. The Bertz CT molecular complexity index is 952. The van der Waals surface area contributed by atoms with Crippen LogP contribution < -0.4 is 5.32 Å². The van der Waals surface area contributed by atoms with Gasteiger partial charge in [-0.2, -0.15) is 4.31 Å². The van der Waals surface area contributed by atoms with Gasteiger partial charge < -0.3 is 5.32 Å². The normalized spacial score (nSPS) is 11.8. The number of aryl methyl sites for hydroxylation is 2. The van der Waals surface area contributed by atoms with Crippen LogP contribution in [0.2, 0.25) is 0 Å². The van der Waals surface area contributed by atoms with Gasteiger partial charge in [0.15, 0.2) is 0 Å². The van der Waals surface area contributed by atoms with E-state index in [-0.39, 0.29) is 17.3 Å². The van der Waals surface area contributed by atoms with E-state index in [1.54, 1.807) is 18.2 Å². The van der Waals surface area contributed by atoms with Crippen LogP contribution in [0.25, 0.3) is 0 Å². The van der Waals surface area contributed by atoms with Crippen LogP contribution >= 0.6 is 0 Å². The minimum Gasteiger partial charge on any atom is -0.325 e. The molecule has 2 rings (SSSR count). The van der Waals surface area contributed by atoms with Gasteiger partial charge in [0.1, 0.15) is 0 Å². The second-order valence-corrected chi connectivity index (χ2v) is 9.39. The van der Waals surface area contributed by atoms with Crippen molar-refractivity contribution in [3.8, 4) is 0 Å². The monoisotopic (exact) mass is 431 g/mol. The highest BCUT2D eigenvalue weighted by atomic mass is 32.2. The summed E-state index contributed by atoms with van der Waals surface area (Å²) in [6, 6.07) is 13.2. The van der Waals surface area contributed by atoms with Crippen molar-refractivity contribution in [1.82, 2.24) is 9.21 Å². The van der Waals surface area contributed by atoms with Crippen LogP contribution in [0, 0.1) is 6.92 Å². The predicted molar refractivity (Wildman–Crippen MR) is 122 cm³/mol. The highest BCUT2D eigenvalue weighted by molar-refractivity contribution is 7.89. The predicted octanol–water partition coefficient (Wildman–Crippen LogP) is 3.66. The number of benzene rings is 2. The van der Waals surface area contributed by atoms with Crippen LogP contribution in [0.5, 0.6) is 0 Å². The van der Waals surface area contributed by atoms with Gasteiger partial charge in [0.25, 0.3) is 0 Å². The SMILES string of the molecule is CCc1ccc(CN(C)CC(=O)Nc2cc(S(=O)(=O)N(CC)CC)ccc2C)cc1. The zero-order valence-corrected chi connectivity index (χ0v) is 19.4. The smallest absolute Gasteiger partial charge is 0.243 e. The van der Waals surface area contributed by atoms with Crippen molar-refractivity contribution in [2.75, 3.05) is 32.0 Å². The molecule has 0 spiro atoms. The number of amides is 1. The largest absolute Gasteiger partial charge is 0.325 e. The fourth-order valence-corrected chi connectivity index (χ4v) is 4.78. The molecule has 0 saturated carbocycles. The van der Waals surface area contributed by atoms with E-state index in [0.717, 1.165) is 17.5 Å². The van der Waals surface area contributed by atoms with Crippen molar-refractivity contribution >= 4 is 21.6 Å². The van der Waals surface area contributed by atoms with Crippen molar-refractivity contribution in [2.45, 2.75) is 45.6 Å². The number of anilines is 1. The number of rotatable bonds is 10. The molecular formula is C23H33N3O3S. The van der Waals surface area contributed by atoms with Crippen LogP contribution in [0.4, 0.5) is 5.69 Å². The highest BCUT2D eigenvalue weighted by Gasteiger charge is 2.22. The van der Waals surface area contributed by atoms with Crippen molar-refractivity contribution in [3.63, 3.8) is 0 Å². The van der Waals surface area contributed by atoms with E-state index in [9.17, 15) is 13.2 Å². The summed E-state index contributed by atoms with van der Waals surface area (Å²) in [5, 5.41) is 2.87. The molecule has 30 heavy (non-hydrogen) atoms. The first kappa shape index (κ1) is 24.1. The van der Waals surface area contributed by atoms with Crippen molar-refractivity contribution in [2.24, 2.45) is 0 Å². The maximum atomic E-state index is 12.8. The summed E-state index contributed by atoms with van der Waals surface area (Å²) in [6.45, 7) is 9.26. The number of nitrogens with one attached hydrogen (secondary N) is 1. The summed E-state index contributed by atoms with van der Waals surface area (Å²) in [7, 11) is -1.68. The summed E-state index contributed by atoms with van der Waals surface area (Å²) in [5.74, 6) is -0.178. The standard InChI is InChI=1S/C23H33N3O3S/c1-6-19-10-12-20(13-11-19)16-25(5)17-23(27)24-22-15-21(14-9-18(22)4)30(28,29)26(7-2)8-3/h9-15H,6-8,16-17H2,1-5H3,(H,24,27). The lowest BCUT2D eigenvalue weighted by Crippen LogP contribution is -2.31. The van der Waals surface area contributed by atoms with E-state index in [0.29, 0.717) is 25.3 Å². The molecule has 0 fully saturated rings. The lowest BCUT2D eigenvalue weighted by molar-refractivity contribution is -0.117. The van der Waals surface area contributed by atoms with E-state index >= 15 is 0 Å². The van der Waals surface area contributed by atoms with Gasteiger partial charge in [0, 0.05) is 25.3 Å². The zero-order chi connectivity index (χ0) is 22.3. The van der Waals surface area contributed by atoms with Gasteiger partial charge in [-0.05, 0) is 49.2 Å². The third-order valence-electron chi connectivity index (χ3n) is 5.12. The Balaban J connectivity index is 2.06. The van der Waals surface area contributed by atoms with Crippen molar-refractivity contribution in [3.05, 3.63) is 59.2 Å². The molecule has 0 bridgehead atoms. The van der Waals surface area contributed by atoms with Gasteiger partial charge in [-0.3, -0.25) is 9.69 Å². The number of nitrogens with zero attached hydrogens (tertiary/aromatic N) is 2. The molecule has 0 atom stereocenters. The number of hydrogen-bond donors (Lipinski definition) is 1. The number of hydrogen-bond acceptors (Lipinski definition) is 4. The number of likely N-dealkylation sites (N-methyl/N-ethyl adjacent to an activating group) is 1. The number of sulfonamides is 1. The summed E-state index contributed by atoms with van der Waals surface area (Å²) in [5.41, 5.74) is 3.77. The Kier molecular flexibility index (Phi) is 8.58. The minimum atomic E-state index is -3.57. The first-order valence-electron chi connectivity index (χ1n) is 10.4. The van der Waals surface area contributed by atoms with Gasteiger partial charge in [0.05, 0.1) is 11.4 Å². The van der Waals surface area contributed by atoms with Crippen LogP contribution in [-0.4, -0.2) is 50.2 Å². The van der Waals surface area contributed by atoms with Crippen molar-refractivity contribution < 1.29 is 13.2 Å². The molecule has 1 amide bonds. The third-order valence-corrected chi connectivity index (χ3v) is 7.17.